The maximum absolute atomic E-state index is 11.6. The quantitative estimate of drug-likeness (QED) is 0.458. The number of nitrogen functional groups attached to an aromatic ring is 1. The lowest BCUT2D eigenvalue weighted by atomic mass is 9.72. The average molecular weight is 252 g/mol. The Bertz CT molecular complexity index is 431. The average Bonchev–Trinajstić information content (AvgIpc) is 2.69. The minimum Gasteiger partial charge on any atom is -0.290 e. The molecular formula is C13H20N2OS. The van der Waals surface area contributed by atoms with Crippen molar-refractivity contribution in [1.82, 2.24) is 5.43 Å². The number of carbonyl (C=O) groups is 1. The summed E-state index contributed by atoms with van der Waals surface area (Å²) in [5.41, 5.74) is 4.57. The number of hydrogen-bond acceptors (Lipinski definition) is 3. The molecule has 1 aromatic heterocycles. The van der Waals surface area contributed by atoms with Crippen LogP contribution in [-0.2, 0) is 12.8 Å². The van der Waals surface area contributed by atoms with Crippen LogP contribution in [0.2, 0.25) is 0 Å². The molecule has 3 nitrogen and oxygen atoms in total. The van der Waals surface area contributed by atoms with Gasteiger partial charge in [-0.15, -0.1) is 11.3 Å². The van der Waals surface area contributed by atoms with E-state index in [0.29, 0.717) is 11.3 Å². The molecule has 0 aromatic carbocycles. The lowest BCUT2D eigenvalue weighted by molar-refractivity contribution is 0.0952. The SMILES string of the molecule is CC(C)(C)[C@@H]1CCc2c(C(=O)NN)csc2C1. The van der Waals surface area contributed by atoms with Gasteiger partial charge in [-0.1, -0.05) is 20.8 Å². The fourth-order valence-corrected chi connectivity index (χ4v) is 3.68. The van der Waals surface area contributed by atoms with Crippen LogP contribution >= 0.6 is 11.3 Å². The third-order valence-corrected chi connectivity index (χ3v) is 4.81. The Hall–Kier alpha value is -0.870. The lowest BCUT2D eigenvalue weighted by Gasteiger charge is -2.33. The largest absolute Gasteiger partial charge is 0.290 e. The Balaban J connectivity index is 2.24. The second-order valence-electron chi connectivity index (χ2n) is 5.83. The van der Waals surface area contributed by atoms with Gasteiger partial charge in [0.2, 0.25) is 0 Å². The molecule has 1 aliphatic rings. The van der Waals surface area contributed by atoms with Crippen molar-refractivity contribution in [3.63, 3.8) is 0 Å². The van der Waals surface area contributed by atoms with E-state index in [0.717, 1.165) is 24.8 Å². The summed E-state index contributed by atoms with van der Waals surface area (Å²) < 4.78 is 0. The molecule has 94 valence electrons. The summed E-state index contributed by atoms with van der Waals surface area (Å²) in [4.78, 5) is 13.0. The van der Waals surface area contributed by atoms with Crippen LogP contribution < -0.4 is 11.3 Å². The Morgan fingerprint density at radius 1 is 1.53 bits per heavy atom. The number of hydrogen-bond donors (Lipinski definition) is 2. The van der Waals surface area contributed by atoms with E-state index < -0.39 is 0 Å². The Morgan fingerprint density at radius 2 is 2.24 bits per heavy atom. The normalized spacial score (nSPS) is 19.9. The number of thiophene rings is 1. The zero-order chi connectivity index (χ0) is 12.6. The molecule has 0 aliphatic heterocycles. The maximum atomic E-state index is 11.6. The molecule has 0 fully saturated rings. The summed E-state index contributed by atoms with van der Waals surface area (Å²) in [5, 5.41) is 1.94. The third-order valence-electron chi connectivity index (χ3n) is 3.76. The highest BCUT2D eigenvalue weighted by Gasteiger charge is 2.31. The van der Waals surface area contributed by atoms with Crippen LogP contribution in [0.25, 0.3) is 0 Å². The molecule has 0 radical (unpaired) electrons. The smallest absolute Gasteiger partial charge is 0.266 e. The van der Waals surface area contributed by atoms with Crippen LogP contribution in [0.3, 0.4) is 0 Å². The monoisotopic (exact) mass is 252 g/mol. The molecule has 0 spiro atoms. The Labute approximate surface area is 106 Å². The van der Waals surface area contributed by atoms with Crippen molar-refractivity contribution < 1.29 is 4.79 Å². The highest BCUT2D eigenvalue weighted by atomic mass is 32.1. The minimum atomic E-state index is -0.156. The summed E-state index contributed by atoms with van der Waals surface area (Å²) in [6.45, 7) is 6.89. The van der Waals surface area contributed by atoms with Crippen molar-refractivity contribution in [2.75, 3.05) is 0 Å². The van der Waals surface area contributed by atoms with Gasteiger partial charge in [-0.3, -0.25) is 10.2 Å². The van der Waals surface area contributed by atoms with Crippen LogP contribution in [0.4, 0.5) is 0 Å². The summed E-state index contributed by atoms with van der Waals surface area (Å²) >= 11 is 1.70. The van der Waals surface area contributed by atoms with E-state index in [4.69, 9.17) is 5.84 Å². The van der Waals surface area contributed by atoms with Gasteiger partial charge in [0.1, 0.15) is 0 Å². The maximum Gasteiger partial charge on any atom is 0.266 e. The molecule has 4 heteroatoms. The predicted octanol–water partition coefficient (Wildman–Crippen LogP) is 2.50. The first-order valence-electron chi connectivity index (χ1n) is 6.03. The van der Waals surface area contributed by atoms with Crippen molar-refractivity contribution in [3.05, 3.63) is 21.4 Å². The molecule has 1 atom stereocenters. The molecule has 0 saturated carbocycles. The molecule has 1 aromatic rings. The zero-order valence-electron chi connectivity index (χ0n) is 10.7. The van der Waals surface area contributed by atoms with Crippen molar-refractivity contribution in [1.29, 1.82) is 0 Å². The van der Waals surface area contributed by atoms with E-state index in [-0.39, 0.29) is 5.91 Å². The van der Waals surface area contributed by atoms with Gasteiger partial charge in [0.05, 0.1) is 5.56 Å². The molecule has 3 N–H and O–H groups in total. The molecule has 0 unspecified atom stereocenters. The van der Waals surface area contributed by atoms with Gasteiger partial charge in [-0.05, 0) is 36.2 Å². The first kappa shape index (κ1) is 12.6. The Kier molecular flexibility index (Phi) is 3.27. The first-order chi connectivity index (χ1) is 7.93. The van der Waals surface area contributed by atoms with E-state index in [9.17, 15) is 4.79 Å². The molecule has 0 bridgehead atoms. The van der Waals surface area contributed by atoms with E-state index in [1.54, 1.807) is 11.3 Å². The molecule has 0 saturated heterocycles. The number of nitrogens with two attached hydrogens (primary N) is 1. The highest BCUT2D eigenvalue weighted by molar-refractivity contribution is 7.10. The number of nitrogens with one attached hydrogen (secondary N) is 1. The number of carbonyl (C=O) groups excluding carboxylic acids is 1. The lowest BCUT2D eigenvalue weighted by Crippen LogP contribution is -2.31. The van der Waals surface area contributed by atoms with E-state index in [1.807, 2.05) is 5.38 Å². The molecule has 1 heterocycles. The van der Waals surface area contributed by atoms with E-state index >= 15 is 0 Å². The zero-order valence-corrected chi connectivity index (χ0v) is 11.5. The fraction of sp³-hybridized carbons (Fsp3) is 0.615. The Morgan fingerprint density at radius 3 is 2.82 bits per heavy atom. The van der Waals surface area contributed by atoms with Gasteiger partial charge < -0.3 is 0 Å². The third kappa shape index (κ3) is 2.38. The van der Waals surface area contributed by atoms with Crippen LogP contribution in [-0.4, -0.2) is 5.91 Å². The molecule has 1 amide bonds. The highest BCUT2D eigenvalue weighted by Crippen LogP contribution is 2.40. The van der Waals surface area contributed by atoms with Gasteiger partial charge >= 0.3 is 0 Å². The fourth-order valence-electron chi connectivity index (χ4n) is 2.52. The van der Waals surface area contributed by atoms with Gasteiger partial charge in [0, 0.05) is 10.3 Å². The van der Waals surface area contributed by atoms with Gasteiger partial charge in [-0.2, -0.15) is 0 Å². The summed E-state index contributed by atoms with van der Waals surface area (Å²) in [7, 11) is 0. The molecule has 17 heavy (non-hydrogen) atoms. The van der Waals surface area contributed by atoms with Crippen molar-refractivity contribution in [2.24, 2.45) is 17.2 Å². The summed E-state index contributed by atoms with van der Waals surface area (Å²) in [5.74, 6) is 5.75. The molecule has 2 rings (SSSR count). The number of hydrazine groups is 1. The van der Waals surface area contributed by atoms with Crippen LogP contribution in [0, 0.1) is 11.3 Å². The first-order valence-corrected chi connectivity index (χ1v) is 6.91. The second kappa shape index (κ2) is 4.42. The number of amides is 1. The second-order valence-corrected chi connectivity index (χ2v) is 6.79. The molecule has 1 aliphatic carbocycles. The topological polar surface area (TPSA) is 55.1 Å². The summed E-state index contributed by atoms with van der Waals surface area (Å²) in [6.07, 6.45) is 3.27. The predicted molar refractivity (Wildman–Crippen MR) is 70.9 cm³/mol. The summed E-state index contributed by atoms with van der Waals surface area (Å²) in [6, 6.07) is 0. The van der Waals surface area contributed by atoms with E-state index in [2.05, 4.69) is 26.2 Å². The minimum absolute atomic E-state index is 0.156. The van der Waals surface area contributed by atoms with Gasteiger partial charge in [-0.25, -0.2) is 5.84 Å². The number of rotatable bonds is 1. The van der Waals surface area contributed by atoms with Crippen LogP contribution in [0.5, 0.6) is 0 Å². The molecular weight excluding hydrogens is 232 g/mol. The standard InChI is InChI=1S/C13H20N2OS/c1-13(2,3)8-4-5-9-10(12(16)15-14)7-17-11(9)6-8/h7-8H,4-6,14H2,1-3H3,(H,15,16)/t8-/m1/s1. The van der Waals surface area contributed by atoms with Crippen LogP contribution in [0.15, 0.2) is 5.38 Å². The van der Waals surface area contributed by atoms with Crippen molar-refractivity contribution in [2.45, 2.75) is 40.0 Å². The van der Waals surface area contributed by atoms with Gasteiger partial charge in [0.15, 0.2) is 0 Å². The number of fused-ring (bicyclic) bond motifs is 1. The van der Waals surface area contributed by atoms with Crippen molar-refractivity contribution >= 4 is 17.2 Å². The van der Waals surface area contributed by atoms with E-state index in [1.165, 1.54) is 10.4 Å². The van der Waals surface area contributed by atoms with Crippen LogP contribution in [0.1, 0.15) is 48.0 Å². The van der Waals surface area contributed by atoms with Gasteiger partial charge in [0.25, 0.3) is 5.91 Å². The van der Waals surface area contributed by atoms with Crippen molar-refractivity contribution in [3.8, 4) is 0 Å².